The molecule has 2 amide bonds. The fourth-order valence-electron chi connectivity index (χ4n) is 2.60. The molecule has 34 heavy (non-hydrogen) atoms. The summed E-state index contributed by atoms with van der Waals surface area (Å²) in [6.07, 6.45) is -5.08. The molecule has 180 valence electrons. The number of carbonyl (C=O) groups excluding carboxylic acids is 2. The third kappa shape index (κ3) is 7.34. The van der Waals surface area contributed by atoms with Gasteiger partial charge in [-0.1, -0.05) is 12.1 Å². The van der Waals surface area contributed by atoms with Crippen LogP contribution in [0.25, 0.3) is 5.69 Å². The highest BCUT2D eigenvalue weighted by Gasteiger charge is 2.38. The summed E-state index contributed by atoms with van der Waals surface area (Å²) in [5.74, 6) is -4.32. The lowest BCUT2D eigenvalue weighted by Gasteiger charge is -2.09. The lowest BCUT2D eigenvalue weighted by atomic mass is 10.2. The van der Waals surface area contributed by atoms with Crippen molar-refractivity contribution in [1.82, 2.24) is 9.78 Å². The number of hydrogen-bond acceptors (Lipinski definition) is 5. The molecule has 0 aliphatic carbocycles. The molecular formula is C21H20F3N5O5. The number of nitrogens with zero attached hydrogens (tertiary/aromatic N) is 1. The molecule has 1 heterocycles. The zero-order chi connectivity index (χ0) is 25.5. The second kappa shape index (κ2) is 11.0. The van der Waals surface area contributed by atoms with Crippen molar-refractivity contribution in [3.63, 3.8) is 0 Å². The van der Waals surface area contributed by atoms with Crippen molar-refractivity contribution in [2.45, 2.75) is 19.6 Å². The van der Waals surface area contributed by atoms with Crippen LogP contribution in [0.3, 0.4) is 0 Å². The Balaban J connectivity index is 0.000000509. The number of aromatic amines is 1. The Morgan fingerprint density at radius 3 is 2.03 bits per heavy atom. The number of carboxylic acid groups (broad SMARTS) is 1. The quantitative estimate of drug-likeness (QED) is 0.361. The molecule has 0 aliphatic rings. The molecule has 0 aliphatic heterocycles. The molecule has 0 unspecified atom stereocenters. The first-order chi connectivity index (χ1) is 15.9. The molecule has 3 rings (SSSR count). The number of alkyl halides is 3. The van der Waals surface area contributed by atoms with Crippen molar-refractivity contribution < 1.29 is 32.7 Å². The highest BCUT2D eigenvalue weighted by Crippen LogP contribution is 2.15. The lowest BCUT2D eigenvalue weighted by molar-refractivity contribution is -0.192. The summed E-state index contributed by atoms with van der Waals surface area (Å²) in [6, 6.07) is 15.2. The molecule has 0 spiro atoms. The predicted molar refractivity (Wildman–Crippen MR) is 116 cm³/mol. The predicted octanol–water partition coefficient (Wildman–Crippen LogP) is 2.14. The molecule has 2 aromatic carbocycles. The van der Waals surface area contributed by atoms with E-state index < -0.39 is 24.0 Å². The molecule has 0 atom stereocenters. The third-order valence-electron chi connectivity index (χ3n) is 4.17. The van der Waals surface area contributed by atoms with Gasteiger partial charge in [-0.2, -0.15) is 13.2 Å². The minimum atomic E-state index is -5.08. The summed E-state index contributed by atoms with van der Waals surface area (Å²) in [6.45, 7) is 2.14. The maximum Gasteiger partial charge on any atom is 0.490 e. The highest BCUT2D eigenvalue weighted by molar-refractivity contribution is 6.43. The normalized spacial score (nSPS) is 10.6. The van der Waals surface area contributed by atoms with Crippen LogP contribution in [0.5, 0.6) is 0 Å². The van der Waals surface area contributed by atoms with Crippen LogP contribution in [-0.4, -0.2) is 38.8 Å². The number of H-pyrrole nitrogens is 1. The van der Waals surface area contributed by atoms with Gasteiger partial charge in [-0.3, -0.25) is 24.2 Å². The van der Waals surface area contributed by atoms with Crippen molar-refractivity contribution in [2.24, 2.45) is 5.73 Å². The van der Waals surface area contributed by atoms with E-state index in [9.17, 15) is 27.6 Å². The number of amides is 2. The van der Waals surface area contributed by atoms with Gasteiger partial charge in [0.25, 0.3) is 5.56 Å². The molecule has 0 bridgehead atoms. The topological polar surface area (TPSA) is 159 Å². The van der Waals surface area contributed by atoms with Crippen molar-refractivity contribution in [3.8, 4) is 5.69 Å². The number of carbonyl (C=O) groups is 3. The maximum atomic E-state index is 12.1. The van der Waals surface area contributed by atoms with Crippen molar-refractivity contribution in [2.75, 3.05) is 10.6 Å². The van der Waals surface area contributed by atoms with E-state index in [-0.39, 0.29) is 5.56 Å². The molecule has 0 radical (unpaired) electrons. The second-order valence-corrected chi connectivity index (χ2v) is 6.76. The summed E-state index contributed by atoms with van der Waals surface area (Å²) in [5.41, 5.74) is 8.67. The summed E-state index contributed by atoms with van der Waals surface area (Å²) in [4.78, 5) is 44.4. The van der Waals surface area contributed by atoms with E-state index in [4.69, 9.17) is 15.6 Å². The first kappa shape index (κ1) is 25.9. The van der Waals surface area contributed by atoms with E-state index in [1.807, 2.05) is 6.07 Å². The van der Waals surface area contributed by atoms with Crippen molar-refractivity contribution in [3.05, 3.63) is 76.2 Å². The van der Waals surface area contributed by atoms with Gasteiger partial charge >= 0.3 is 24.0 Å². The summed E-state index contributed by atoms with van der Waals surface area (Å²) in [7, 11) is 0. The molecule has 10 nitrogen and oxygen atoms in total. The van der Waals surface area contributed by atoms with E-state index in [2.05, 4.69) is 15.7 Å². The van der Waals surface area contributed by atoms with Gasteiger partial charge in [-0.25, -0.2) is 4.79 Å². The Labute approximate surface area is 190 Å². The monoisotopic (exact) mass is 479 g/mol. The van der Waals surface area contributed by atoms with Gasteiger partial charge in [-0.05, 0) is 48.9 Å². The third-order valence-corrected chi connectivity index (χ3v) is 4.17. The smallest absolute Gasteiger partial charge is 0.475 e. The Bertz CT molecular complexity index is 1230. The van der Waals surface area contributed by atoms with Crippen LogP contribution in [-0.2, 0) is 20.9 Å². The van der Waals surface area contributed by atoms with Crippen LogP contribution < -0.4 is 21.9 Å². The van der Waals surface area contributed by atoms with Crippen LogP contribution in [0, 0.1) is 6.92 Å². The number of nitrogens with two attached hydrogens (primary N) is 1. The molecule has 3 aromatic rings. The fraction of sp³-hybridized carbons (Fsp3) is 0.143. The first-order valence-electron chi connectivity index (χ1n) is 9.51. The number of nitrogens with one attached hydrogen (secondary N) is 3. The van der Waals surface area contributed by atoms with Crippen molar-refractivity contribution in [1.29, 1.82) is 0 Å². The number of benzene rings is 2. The number of aromatic nitrogens is 2. The van der Waals surface area contributed by atoms with E-state index in [0.29, 0.717) is 17.9 Å². The van der Waals surface area contributed by atoms with Gasteiger partial charge in [0.05, 0.1) is 5.69 Å². The minimum Gasteiger partial charge on any atom is -0.475 e. The van der Waals surface area contributed by atoms with E-state index in [0.717, 1.165) is 16.9 Å². The number of hydrogen-bond donors (Lipinski definition) is 5. The number of aryl methyl sites for hydroxylation is 1. The zero-order valence-corrected chi connectivity index (χ0v) is 17.6. The number of rotatable bonds is 4. The Hall–Kier alpha value is -4.39. The average Bonchev–Trinajstić information content (AvgIpc) is 3.12. The molecule has 0 fully saturated rings. The molecule has 6 N–H and O–H groups in total. The van der Waals surface area contributed by atoms with Gasteiger partial charge in [0.15, 0.2) is 0 Å². The summed E-state index contributed by atoms with van der Waals surface area (Å²) in [5, 5.41) is 14.9. The maximum absolute atomic E-state index is 12.1. The summed E-state index contributed by atoms with van der Waals surface area (Å²) >= 11 is 0. The standard InChI is InChI=1S/C19H19N5O3.C2HF3O2/c1-12-9-17(25)23-24(12)16-7-5-14(6-8-16)21-18(26)19(27)22-15-4-2-3-13(10-15)11-20;3-2(4,5)1(6)7/h2-10H,11,20H2,1H3,(H,21,26)(H,22,27)(H,23,25);(H,6,7). The zero-order valence-electron chi connectivity index (χ0n) is 17.6. The largest absolute Gasteiger partial charge is 0.490 e. The first-order valence-corrected chi connectivity index (χ1v) is 9.51. The Morgan fingerprint density at radius 1 is 1.00 bits per heavy atom. The van der Waals surface area contributed by atoms with E-state index >= 15 is 0 Å². The number of anilines is 2. The molecule has 13 heteroatoms. The number of carboxylic acids is 1. The van der Waals surface area contributed by atoms with Gasteiger partial charge < -0.3 is 21.5 Å². The molecular weight excluding hydrogens is 459 g/mol. The molecule has 1 aromatic heterocycles. The Morgan fingerprint density at radius 2 is 1.56 bits per heavy atom. The second-order valence-electron chi connectivity index (χ2n) is 6.76. The highest BCUT2D eigenvalue weighted by atomic mass is 19.4. The van der Waals surface area contributed by atoms with Crippen LogP contribution >= 0.6 is 0 Å². The van der Waals surface area contributed by atoms with Gasteiger partial charge in [0.2, 0.25) is 0 Å². The van der Waals surface area contributed by atoms with Crippen LogP contribution in [0.15, 0.2) is 59.4 Å². The lowest BCUT2D eigenvalue weighted by Crippen LogP contribution is -2.29. The summed E-state index contributed by atoms with van der Waals surface area (Å²) < 4.78 is 33.4. The van der Waals surface area contributed by atoms with Crippen LogP contribution in [0.1, 0.15) is 11.3 Å². The molecule has 0 saturated heterocycles. The van der Waals surface area contributed by atoms with E-state index in [1.54, 1.807) is 54.1 Å². The van der Waals surface area contributed by atoms with E-state index in [1.165, 1.54) is 6.07 Å². The minimum absolute atomic E-state index is 0.194. The van der Waals surface area contributed by atoms with Gasteiger partial charge in [0, 0.05) is 29.7 Å². The van der Waals surface area contributed by atoms with Crippen LogP contribution in [0.4, 0.5) is 24.5 Å². The molecule has 0 saturated carbocycles. The number of halogens is 3. The number of aliphatic carboxylic acids is 1. The Kier molecular flexibility index (Phi) is 8.34. The van der Waals surface area contributed by atoms with Gasteiger partial charge in [-0.15, -0.1) is 0 Å². The van der Waals surface area contributed by atoms with Crippen LogP contribution in [0.2, 0.25) is 0 Å². The average molecular weight is 479 g/mol. The SMILES string of the molecule is Cc1cc(=O)[nH]n1-c1ccc(NC(=O)C(=O)Nc2cccc(CN)c2)cc1.O=C(O)C(F)(F)F. The van der Waals surface area contributed by atoms with Crippen molar-refractivity contribution >= 4 is 29.2 Å². The fourth-order valence-corrected chi connectivity index (χ4v) is 2.60. The van der Waals surface area contributed by atoms with Gasteiger partial charge in [0.1, 0.15) is 0 Å².